The first-order valence-corrected chi connectivity index (χ1v) is 6.89. The number of terminal acetylenes is 1. The summed E-state index contributed by atoms with van der Waals surface area (Å²) in [5, 5.41) is 18.9. The maximum Gasteiger partial charge on any atom is 0.305 e. The van der Waals surface area contributed by atoms with Gasteiger partial charge in [-0.1, -0.05) is 30.1 Å². The summed E-state index contributed by atoms with van der Waals surface area (Å²) >= 11 is 0. The molecule has 0 aromatic heterocycles. The van der Waals surface area contributed by atoms with Gasteiger partial charge in [-0.25, -0.2) is 0 Å². The van der Waals surface area contributed by atoms with Crippen molar-refractivity contribution < 1.29 is 19.7 Å². The van der Waals surface area contributed by atoms with E-state index in [1.165, 1.54) is 0 Å². The van der Waals surface area contributed by atoms with Gasteiger partial charge in [0.1, 0.15) is 6.10 Å². The molecule has 0 aromatic carbocycles. The minimum Gasteiger partial charge on any atom is -0.466 e. The highest BCUT2D eigenvalue weighted by Gasteiger charge is 2.04. The summed E-state index contributed by atoms with van der Waals surface area (Å²) in [5.41, 5.74) is 0. The number of esters is 1. The van der Waals surface area contributed by atoms with E-state index in [9.17, 15) is 15.0 Å². The van der Waals surface area contributed by atoms with Crippen molar-refractivity contribution in [2.45, 2.75) is 44.8 Å². The summed E-state index contributed by atoms with van der Waals surface area (Å²) in [4.78, 5) is 11.1. The zero-order chi connectivity index (χ0) is 15.9. The second kappa shape index (κ2) is 13.0. The second-order valence-corrected chi connectivity index (χ2v) is 4.22. The highest BCUT2D eigenvalue weighted by molar-refractivity contribution is 5.69. The Kier molecular flexibility index (Phi) is 11.8. The topological polar surface area (TPSA) is 66.8 Å². The third kappa shape index (κ3) is 12.8. The van der Waals surface area contributed by atoms with Crippen LogP contribution in [0.25, 0.3) is 0 Å². The van der Waals surface area contributed by atoms with Gasteiger partial charge < -0.3 is 14.9 Å². The van der Waals surface area contributed by atoms with Crippen molar-refractivity contribution in [3.8, 4) is 24.2 Å². The van der Waals surface area contributed by atoms with Crippen molar-refractivity contribution in [3.63, 3.8) is 0 Å². The summed E-state index contributed by atoms with van der Waals surface area (Å²) in [6.45, 7) is 2.13. The van der Waals surface area contributed by atoms with Gasteiger partial charge in [-0.15, -0.1) is 12.3 Å². The molecule has 0 aliphatic carbocycles. The molecule has 0 fully saturated rings. The minimum absolute atomic E-state index is 0.256. The van der Waals surface area contributed by atoms with Crippen molar-refractivity contribution in [2.75, 3.05) is 6.61 Å². The lowest BCUT2D eigenvalue weighted by atomic mass is 10.1. The van der Waals surface area contributed by atoms with Crippen molar-refractivity contribution in [2.24, 2.45) is 0 Å². The van der Waals surface area contributed by atoms with Crippen LogP contribution in [-0.2, 0) is 9.53 Å². The highest BCUT2D eigenvalue weighted by Crippen LogP contribution is 2.01. The first-order chi connectivity index (χ1) is 10.1. The van der Waals surface area contributed by atoms with E-state index in [0.717, 1.165) is 0 Å². The molecule has 0 aliphatic heterocycles. The van der Waals surface area contributed by atoms with Gasteiger partial charge in [-0.2, -0.15) is 0 Å². The number of aliphatic hydroxyl groups is 2. The van der Waals surface area contributed by atoms with E-state index >= 15 is 0 Å². The molecule has 0 aromatic rings. The van der Waals surface area contributed by atoms with Crippen LogP contribution in [0.2, 0.25) is 0 Å². The predicted molar refractivity (Wildman–Crippen MR) is 82.0 cm³/mol. The van der Waals surface area contributed by atoms with Crippen molar-refractivity contribution in [3.05, 3.63) is 24.3 Å². The number of allylic oxidation sites excluding steroid dienone is 3. The van der Waals surface area contributed by atoms with Crippen molar-refractivity contribution in [1.82, 2.24) is 0 Å². The molecule has 4 heteroatoms. The number of hydrogen-bond acceptors (Lipinski definition) is 4. The van der Waals surface area contributed by atoms with Gasteiger partial charge in [-0.05, 0) is 25.8 Å². The quantitative estimate of drug-likeness (QED) is 0.405. The Morgan fingerprint density at radius 1 is 1.38 bits per heavy atom. The molecule has 21 heavy (non-hydrogen) atoms. The van der Waals surface area contributed by atoms with Gasteiger partial charge in [0.2, 0.25) is 0 Å². The van der Waals surface area contributed by atoms with Crippen LogP contribution in [0.3, 0.4) is 0 Å². The van der Waals surface area contributed by atoms with Gasteiger partial charge in [0.05, 0.1) is 12.7 Å². The lowest BCUT2D eigenvalue weighted by Gasteiger charge is -2.03. The fourth-order valence-electron chi connectivity index (χ4n) is 1.37. The van der Waals surface area contributed by atoms with Crippen LogP contribution in [0, 0.1) is 24.2 Å². The molecule has 0 amide bonds. The molecule has 2 N–H and O–H groups in total. The van der Waals surface area contributed by atoms with Gasteiger partial charge in [0.25, 0.3) is 0 Å². The molecule has 0 unspecified atom stereocenters. The monoisotopic (exact) mass is 290 g/mol. The van der Waals surface area contributed by atoms with Gasteiger partial charge in [-0.3, -0.25) is 4.79 Å². The van der Waals surface area contributed by atoms with Crippen LogP contribution in [0.5, 0.6) is 0 Å². The fourth-order valence-corrected chi connectivity index (χ4v) is 1.37. The molecular formula is C17H22O4. The van der Waals surface area contributed by atoms with E-state index < -0.39 is 12.2 Å². The van der Waals surface area contributed by atoms with Crippen LogP contribution in [0.1, 0.15) is 32.6 Å². The molecule has 0 spiro atoms. The molecule has 0 rings (SSSR count). The summed E-state index contributed by atoms with van der Waals surface area (Å²) in [5.74, 6) is 7.42. The fraction of sp³-hybridized carbons (Fsp3) is 0.471. The van der Waals surface area contributed by atoms with Gasteiger partial charge in [0, 0.05) is 12.8 Å². The van der Waals surface area contributed by atoms with Crippen LogP contribution in [-0.4, -0.2) is 35.0 Å². The third-order valence-electron chi connectivity index (χ3n) is 2.36. The maximum absolute atomic E-state index is 11.1. The normalized spacial score (nSPS) is 13.4. The maximum atomic E-state index is 11.1. The number of aliphatic hydroxyl groups excluding tert-OH is 2. The zero-order valence-corrected chi connectivity index (χ0v) is 12.3. The van der Waals surface area contributed by atoms with E-state index in [2.05, 4.69) is 17.8 Å². The van der Waals surface area contributed by atoms with E-state index in [1.54, 1.807) is 31.2 Å². The number of rotatable bonds is 8. The SMILES string of the molecule is C#CC[C@H](O)C=CC=CC#C[C@@H](O)CCCC(=O)OCC. The molecule has 4 nitrogen and oxygen atoms in total. The largest absolute Gasteiger partial charge is 0.466 e. The molecule has 114 valence electrons. The Balaban J connectivity index is 3.89. The molecular weight excluding hydrogens is 268 g/mol. The number of ether oxygens (including phenoxy) is 1. The Bertz CT molecular complexity index is 446. The van der Waals surface area contributed by atoms with Gasteiger partial charge >= 0.3 is 5.97 Å². The number of carbonyl (C=O) groups excluding carboxylic acids is 1. The Morgan fingerprint density at radius 2 is 2.14 bits per heavy atom. The smallest absolute Gasteiger partial charge is 0.305 e. The summed E-state index contributed by atoms with van der Waals surface area (Å²) < 4.78 is 4.78. The summed E-state index contributed by atoms with van der Waals surface area (Å²) in [6, 6.07) is 0. The highest BCUT2D eigenvalue weighted by atomic mass is 16.5. The Hall–Kier alpha value is -2.01. The Morgan fingerprint density at radius 3 is 2.81 bits per heavy atom. The molecule has 0 heterocycles. The molecule has 0 aliphatic rings. The summed E-state index contributed by atoms with van der Waals surface area (Å²) in [7, 11) is 0. The third-order valence-corrected chi connectivity index (χ3v) is 2.36. The first-order valence-electron chi connectivity index (χ1n) is 6.89. The van der Waals surface area contributed by atoms with Crippen LogP contribution < -0.4 is 0 Å². The molecule has 0 bridgehead atoms. The predicted octanol–water partition coefficient (Wildman–Crippen LogP) is 1.58. The summed E-state index contributed by atoms with van der Waals surface area (Å²) in [6.07, 6.45) is 11.6. The lowest BCUT2D eigenvalue weighted by molar-refractivity contribution is -0.143. The van der Waals surface area contributed by atoms with E-state index in [1.807, 2.05) is 0 Å². The molecule has 0 radical (unpaired) electrons. The second-order valence-electron chi connectivity index (χ2n) is 4.22. The van der Waals surface area contributed by atoms with Crippen LogP contribution in [0.4, 0.5) is 0 Å². The van der Waals surface area contributed by atoms with E-state index in [0.29, 0.717) is 19.4 Å². The van der Waals surface area contributed by atoms with Crippen LogP contribution >= 0.6 is 0 Å². The lowest BCUT2D eigenvalue weighted by Crippen LogP contribution is -2.07. The van der Waals surface area contributed by atoms with E-state index in [4.69, 9.17) is 11.2 Å². The average Bonchev–Trinajstić information content (AvgIpc) is 2.43. The van der Waals surface area contributed by atoms with Gasteiger partial charge in [0.15, 0.2) is 0 Å². The van der Waals surface area contributed by atoms with Crippen molar-refractivity contribution in [1.29, 1.82) is 0 Å². The molecule has 2 atom stereocenters. The van der Waals surface area contributed by atoms with E-state index in [-0.39, 0.29) is 18.8 Å². The number of carbonyl (C=O) groups is 1. The number of hydrogen-bond donors (Lipinski definition) is 2. The average molecular weight is 290 g/mol. The molecule has 0 saturated carbocycles. The van der Waals surface area contributed by atoms with Crippen LogP contribution in [0.15, 0.2) is 24.3 Å². The minimum atomic E-state index is -0.764. The Labute approximate surface area is 126 Å². The molecule has 0 saturated heterocycles. The van der Waals surface area contributed by atoms with Crippen molar-refractivity contribution >= 4 is 5.97 Å². The first kappa shape index (κ1) is 19.0. The standard InChI is InChI=1S/C17H22O4/c1-3-10-15(18)11-7-5-6-8-12-16(19)13-9-14-17(20)21-4-2/h1,5-7,11,15-16,18-19H,4,9-10,13-14H2,2H3/t15-,16+/m0/s1. The zero-order valence-electron chi connectivity index (χ0n) is 12.3.